The lowest BCUT2D eigenvalue weighted by atomic mass is 10.0. The van der Waals surface area contributed by atoms with Crippen LogP contribution in [-0.2, 0) is 11.2 Å². The topological polar surface area (TPSA) is 72.7 Å². The van der Waals surface area contributed by atoms with E-state index in [1.54, 1.807) is 18.5 Å². The molecule has 0 radical (unpaired) electrons. The fourth-order valence-corrected chi connectivity index (χ4v) is 4.50. The number of amides is 1. The summed E-state index contributed by atoms with van der Waals surface area (Å²) in [6.07, 6.45) is 5.89. The van der Waals surface area contributed by atoms with E-state index in [1.165, 1.54) is 0 Å². The summed E-state index contributed by atoms with van der Waals surface area (Å²) in [4.78, 5) is 29.6. The van der Waals surface area contributed by atoms with Gasteiger partial charge in [0.2, 0.25) is 0 Å². The first-order chi connectivity index (χ1) is 15.5. The third-order valence-corrected chi connectivity index (χ3v) is 6.01. The number of rotatable bonds is 6. The lowest BCUT2D eigenvalue weighted by Crippen LogP contribution is -2.28. The standard InChI is InChI=1S/C25H20BrN3O3/c1-2-28-23(30)14-32-18-10-20-19-6-5-17(26)9-22(19)29-13-16(8-15-4-3-7-27-12-15)25(31)21(11-18)24(20)29/h3-7,9-13H,2,8,14H2,1H3,(H,28,30). The van der Waals surface area contributed by atoms with Gasteiger partial charge in [0.1, 0.15) is 5.75 Å². The molecule has 7 heteroatoms. The summed E-state index contributed by atoms with van der Waals surface area (Å²) in [7, 11) is 0. The summed E-state index contributed by atoms with van der Waals surface area (Å²) in [6.45, 7) is 2.29. The molecule has 32 heavy (non-hydrogen) atoms. The highest BCUT2D eigenvalue weighted by Crippen LogP contribution is 2.35. The van der Waals surface area contributed by atoms with Crippen LogP contribution in [-0.4, -0.2) is 28.4 Å². The van der Waals surface area contributed by atoms with Gasteiger partial charge >= 0.3 is 0 Å². The zero-order valence-corrected chi connectivity index (χ0v) is 19.0. The molecule has 6 nitrogen and oxygen atoms in total. The Labute approximate surface area is 192 Å². The van der Waals surface area contributed by atoms with Gasteiger partial charge in [-0.3, -0.25) is 14.6 Å². The van der Waals surface area contributed by atoms with Crippen molar-refractivity contribution in [2.45, 2.75) is 13.3 Å². The van der Waals surface area contributed by atoms with Gasteiger partial charge in [0.25, 0.3) is 5.91 Å². The van der Waals surface area contributed by atoms with Crippen LogP contribution in [0.5, 0.6) is 5.75 Å². The van der Waals surface area contributed by atoms with Gasteiger partial charge in [-0.05, 0) is 42.8 Å². The second-order valence-electron chi connectivity index (χ2n) is 7.66. The van der Waals surface area contributed by atoms with Gasteiger partial charge in [-0.25, -0.2) is 0 Å². The summed E-state index contributed by atoms with van der Waals surface area (Å²) < 4.78 is 8.80. The summed E-state index contributed by atoms with van der Waals surface area (Å²) >= 11 is 3.56. The average molecular weight is 490 g/mol. The van der Waals surface area contributed by atoms with Gasteiger partial charge in [0.15, 0.2) is 12.0 Å². The van der Waals surface area contributed by atoms with E-state index in [4.69, 9.17) is 4.74 Å². The molecule has 2 aromatic carbocycles. The minimum absolute atomic E-state index is 0.0447. The SMILES string of the molecule is CCNC(=O)COc1cc2c(=O)c(Cc3cccnc3)cn3c4cc(Br)ccc4c(c1)c23. The minimum atomic E-state index is -0.198. The highest BCUT2D eigenvalue weighted by atomic mass is 79.9. The summed E-state index contributed by atoms with van der Waals surface area (Å²) in [6, 6.07) is 13.5. The van der Waals surface area contributed by atoms with E-state index in [0.29, 0.717) is 29.7 Å². The second-order valence-corrected chi connectivity index (χ2v) is 8.58. The second kappa shape index (κ2) is 8.24. The van der Waals surface area contributed by atoms with Gasteiger partial charge < -0.3 is 14.5 Å². The van der Waals surface area contributed by atoms with Crippen molar-refractivity contribution >= 4 is 49.0 Å². The van der Waals surface area contributed by atoms with Crippen LogP contribution in [0.4, 0.5) is 0 Å². The molecule has 0 fully saturated rings. The first-order valence-corrected chi connectivity index (χ1v) is 11.2. The number of carbonyl (C=O) groups excluding carboxylic acids is 1. The molecule has 5 aromatic rings. The number of hydrogen-bond acceptors (Lipinski definition) is 4. The maximum atomic E-state index is 13.5. The van der Waals surface area contributed by atoms with Crippen LogP contribution in [0.3, 0.4) is 0 Å². The number of aromatic nitrogens is 2. The molecule has 160 valence electrons. The molecule has 0 saturated heterocycles. The van der Waals surface area contributed by atoms with Gasteiger partial charge in [-0.15, -0.1) is 0 Å². The van der Waals surface area contributed by atoms with Crippen molar-refractivity contribution in [3.8, 4) is 5.75 Å². The van der Waals surface area contributed by atoms with Crippen LogP contribution in [0.25, 0.3) is 27.2 Å². The van der Waals surface area contributed by atoms with Crippen LogP contribution in [0.15, 0.2) is 70.3 Å². The van der Waals surface area contributed by atoms with Crippen molar-refractivity contribution in [3.63, 3.8) is 0 Å². The van der Waals surface area contributed by atoms with Gasteiger partial charge in [-0.2, -0.15) is 0 Å². The summed E-state index contributed by atoms with van der Waals surface area (Å²) in [5, 5.41) is 5.22. The molecule has 1 amide bonds. The van der Waals surface area contributed by atoms with Crippen LogP contribution < -0.4 is 15.5 Å². The van der Waals surface area contributed by atoms with E-state index in [2.05, 4.69) is 30.6 Å². The molecule has 0 aliphatic heterocycles. The predicted molar refractivity (Wildman–Crippen MR) is 129 cm³/mol. The Balaban J connectivity index is 1.73. The Bertz CT molecular complexity index is 1510. The number of benzene rings is 2. The Kier molecular flexibility index (Phi) is 5.27. The van der Waals surface area contributed by atoms with Crippen molar-refractivity contribution in [3.05, 3.63) is 86.9 Å². The average Bonchev–Trinajstić information content (AvgIpc) is 3.09. The maximum absolute atomic E-state index is 13.5. The highest BCUT2D eigenvalue weighted by molar-refractivity contribution is 9.10. The fourth-order valence-electron chi connectivity index (χ4n) is 4.15. The van der Waals surface area contributed by atoms with Gasteiger partial charge in [-0.1, -0.05) is 28.1 Å². The van der Waals surface area contributed by atoms with E-state index < -0.39 is 0 Å². The van der Waals surface area contributed by atoms with Crippen LogP contribution in [0, 0.1) is 0 Å². The predicted octanol–water partition coefficient (Wildman–Crippen LogP) is 4.31. The number of pyridine rings is 2. The Morgan fingerprint density at radius 1 is 1.16 bits per heavy atom. The number of likely N-dealkylation sites (N-methyl/N-ethyl adjacent to an activating group) is 1. The minimum Gasteiger partial charge on any atom is -0.484 e. The molecule has 0 spiro atoms. The van der Waals surface area contributed by atoms with Crippen molar-refractivity contribution in [2.75, 3.05) is 13.2 Å². The molecule has 0 unspecified atom stereocenters. The third kappa shape index (κ3) is 3.58. The number of halogens is 1. The Morgan fingerprint density at radius 2 is 2.00 bits per heavy atom. The normalized spacial score (nSPS) is 11.4. The lowest BCUT2D eigenvalue weighted by molar-refractivity contribution is -0.122. The van der Waals surface area contributed by atoms with Crippen molar-refractivity contribution in [2.24, 2.45) is 0 Å². The molecule has 0 aliphatic rings. The highest BCUT2D eigenvalue weighted by Gasteiger charge is 2.18. The van der Waals surface area contributed by atoms with E-state index in [-0.39, 0.29) is 17.9 Å². The third-order valence-electron chi connectivity index (χ3n) is 5.52. The van der Waals surface area contributed by atoms with Crippen molar-refractivity contribution < 1.29 is 9.53 Å². The van der Waals surface area contributed by atoms with Crippen LogP contribution in [0.1, 0.15) is 18.1 Å². The van der Waals surface area contributed by atoms with E-state index in [9.17, 15) is 9.59 Å². The molecule has 0 atom stereocenters. The molecular weight excluding hydrogens is 470 g/mol. The molecule has 3 aromatic heterocycles. The quantitative estimate of drug-likeness (QED) is 0.385. The monoisotopic (exact) mass is 489 g/mol. The lowest BCUT2D eigenvalue weighted by Gasteiger charge is -2.10. The zero-order chi connectivity index (χ0) is 22.2. The molecule has 0 saturated carbocycles. The number of fused-ring (bicyclic) bond motifs is 3. The number of ether oxygens (including phenoxy) is 1. The Hall–Kier alpha value is -3.45. The van der Waals surface area contributed by atoms with E-state index in [1.807, 2.05) is 49.5 Å². The number of nitrogens with one attached hydrogen (secondary N) is 1. The smallest absolute Gasteiger partial charge is 0.257 e. The molecule has 0 aliphatic carbocycles. The van der Waals surface area contributed by atoms with E-state index in [0.717, 1.165) is 31.8 Å². The molecule has 5 rings (SSSR count). The summed E-state index contributed by atoms with van der Waals surface area (Å²) in [5.74, 6) is 0.299. The van der Waals surface area contributed by atoms with Crippen LogP contribution >= 0.6 is 15.9 Å². The zero-order valence-electron chi connectivity index (χ0n) is 17.4. The summed E-state index contributed by atoms with van der Waals surface area (Å²) in [5.41, 5.74) is 3.44. The van der Waals surface area contributed by atoms with Crippen LogP contribution in [0.2, 0.25) is 0 Å². The molecule has 1 N–H and O–H groups in total. The Morgan fingerprint density at radius 3 is 2.78 bits per heavy atom. The van der Waals surface area contributed by atoms with Crippen molar-refractivity contribution in [1.82, 2.24) is 14.7 Å². The number of nitrogens with zero attached hydrogens (tertiary/aromatic N) is 2. The van der Waals surface area contributed by atoms with E-state index >= 15 is 0 Å². The van der Waals surface area contributed by atoms with Crippen molar-refractivity contribution in [1.29, 1.82) is 0 Å². The van der Waals surface area contributed by atoms with Gasteiger partial charge in [0.05, 0.1) is 16.4 Å². The largest absolute Gasteiger partial charge is 0.484 e. The number of hydrogen-bond donors (Lipinski definition) is 1. The number of carbonyl (C=O) groups is 1. The fraction of sp³-hybridized carbons (Fsp3) is 0.160. The first-order valence-electron chi connectivity index (χ1n) is 10.4. The molecule has 0 bridgehead atoms. The first kappa shape index (κ1) is 20.5. The van der Waals surface area contributed by atoms with Gasteiger partial charge in [0, 0.05) is 52.4 Å². The molecule has 3 heterocycles. The molecular formula is C25H20BrN3O3. The maximum Gasteiger partial charge on any atom is 0.257 e.